The third-order valence-corrected chi connectivity index (χ3v) is 2.95. The first-order chi connectivity index (χ1) is 9.95. The lowest BCUT2D eigenvalue weighted by molar-refractivity contribution is 0.104. The SMILES string of the molecule is C/C(=C\C(=O)c1ccc(C)cc1)Nc1ccc(F)cc1F. The van der Waals surface area contributed by atoms with E-state index in [0.717, 1.165) is 17.7 Å². The summed E-state index contributed by atoms with van der Waals surface area (Å²) in [6.07, 6.45) is 1.38. The van der Waals surface area contributed by atoms with Crippen LogP contribution in [0.1, 0.15) is 22.8 Å². The van der Waals surface area contributed by atoms with Gasteiger partial charge in [-0.2, -0.15) is 0 Å². The molecule has 0 atom stereocenters. The van der Waals surface area contributed by atoms with Gasteiger partial charge in [0, 0.05) is 23.4 Å². The first-order valence-electron chi connectivity index (χ1n) is 6.47. The van der Waals surface area contributed by atoms with E-state index in [1.807, 2.05) is 19.1 Å². The number of carbonyl (C=O) groups excluding carboxylic acids is 1. The van der Waals surface area contributed by atoms with Crippen LogP contribution in [0.25, 0.3) is 0 Å². The monoisotopic (exact) mass is 287 g/mol. The quantitative estimate of drug-likeness (QED) is 0.664. The van der Waals surface area contributed by atoms with Gasteiger partial charge >= 0.3 is 0 Å². The molecule has 0 saturated carbocycles. The summed E-state index contributed by atoms with van der Waals surface area (Å²) in [5.41, 5.74) is 2.23. The number of aryl methyl sites for hydroxylation is 1. The third-order valence-electron chi connectivity index (χ3n) is 2.95. The van der Waals surface area contributed by atoms with Crippen molar-refractivity contribution in [1.29, 1.82) is 0 Å². The summed E-state index contributed by atoms with van der Waals surface area (Å²) in [5, 5.41) is 2.75. The molecule has 2 nitrogen and oxygen atoms in total. The van der Waals surface area contributed by atoms with Crippen molar-refractivity contribution in [2.75, 3.05) is 5.32 Å². The molecular weight excluding hydrogens is 272 g/mol. The Kier molecular flexibility index (Phi) is 4.48. The van der Waals surface area contributed by atoms with Gasteiger partial charge in [-0.3, -0.25) is 4.79 Å². The lowest BCUT2D eigenvalue weighted by atomic mass is 10.1. The molecule has 0 saturated heterocycles. The molecule has 0 bridgehead atoms. The van der Waals surface area contributed by atoms with Crippen molar-refractivity contribution in [3.05, 3.63) is 77.0 Å². The molecule has 4 heteroatoms. The molecule has 0 aliphatic rings. The zero-order valence-corrected chi connectivity index (χ0v) is 11.8. The fraction of sp³-hybridized carbons (Fsp3) is 0.118. The smallest absolute Gasteiger partial charge is 0.187 e. The number of anilines is 1. The average Bonchev–Trinajstić information content (AvgIpc) is 2.42. The molecule has 2 aromatic rings. The van der Waals surface area contributed by atoms with Crippen LogP contribution in [-0.4, -0.2) is 5.78 Å². The van der Waals surface area contributed by atoms with Crippen molar-refractivity contribution < 1.29 is 13.6 Å². The molecular formula is C17H15F2NO. The molecule has 0 aliphatic carbocycles. The fourth-order valence-corrected chi connectivity index (χ4v) is 1.84. The molecule has 21 heavy (non-hydrogen) atoms. The number of hydrogen-bond donors (Lipinski definition) is 1. The summed E-state index contributed by atoms with van der Waals surface area (Å²) in [6, 6.07) is 10.4. The minimum absolute atomic E-state index is 0.127. The second kappa shape index (κ2) is 6.31. The second-order valence-electron chi connectivity index (χ2n) is 4.81. The van der Waals surface area contributed by atoms with Crippen molar-refractivity contribution >= 4 is 11.5 Å². The van der Waals surface area contributed by atoms with E-state index in [9.17, 15) is 13.6 Å². The van der Waals surface area contributed by atoms with E-state index in [2.05, 4.69) is 5.32 Å². The van der Waals surface area contributed by atoms with Crippen LogP contribution >= 0.6 is 0 Å². The number of ketones is 1. The lowest BCUT2D eigenvalue weighted by Gasteiger charge is -2.07. The van der Waals surface area contributed by atoms with Gasteiger partial charge in [0.15, 0.2) is 5.78 Å². The van der Waals surface area contributed by atoms with E-state index in [4.69, 9.17) is 0 Å². The van der Waals surface area contributed by atoms with E-state index in [0.29, 0.717) is 11.3 Å². The summed E-state index contributed by atoms with van der Waals surface area (Å²) in [6.45, 7) is 3.59. The van der Waals surface area contributed by atoms with Crippen LogP contribution in [0, 0.1) is 18.6 Å². The second-order valence-corrected chi connectivity index (χ2v) is 4.81. The van der Waals surface area contributed by atoms with Crippen LogP contribution in [0.2, 0.25) is 0 Å². The van der Waals surface area contributed by atoms with Crippen molar-refractivity contribution in [3.63, 3.8) is 0 Å². The molecule has 2 aromatic carbocycles. The number of nitrogens with one attached hydrogen (secondary N) is 1. The predicted octanol–water partition coefficient (Wildman–Crippen LogP) is 4.47. The zero-order chi connectivity index (χ0) is 15.4. The summed E-state index contributed by atoms with van der Waals surface area (Å²) < 4.78 is 26.3. The summed E-state index contributed by atoms with van der Waals surface area (Å²) >= 11 is 0. The molecule has 0 amide bonds. The minimum atomic E-state index is -0.703. The average molecular weight is 287 g/mol. The Morgan fingerprint density at radius 3 is 2.38 bits per heavy atom. The first-order valence-corrected chi connectivity index (χ1v) is 6.47. The highest BCUT2D eigenvalue weighted by atomic mass is 19.1. The van der Waals surface area contributed by atoms with Gasteiger partial charge in [0.1, 0.15) is 11.6 Å². The molecule has 0 fully saturated rings. The van der Waals surface area contributed by atoms with Crippen LogP contribution in [0.5, 0.6) is 0 Å². The van der Waals surface area contributed by atoms with E-state index in [1.165, 1.54) is 12.1 Å². The lowest BCUT2D eigenvalue weighted by Crippen LogP contribution is -2.03. The molecule has 0 radical (unpaired) electrons. The molecule has 0 aromatic heterocycles. The van der Waals surface area contributed by atoms with Crippen molar-refractivity contribution in [2.24, 2.45) is 0 Å². The van der Waals surface area contributed by atoms with Gasteiger partial charge in [-0.25, -0.2) is 8.78 Å². The Labute approximate surface area is 122 Å². The van der Waals surface area contributed by atoms with Gasteiger partial charge in [-0.15, -0.1) is 0 Å². The van der Waals surface area contributed by atoms with Crippen LogP contribution < -0.4 is 5.32 Å². The molecule has 0 aliphatic heterocycles. The first kappa shape index (κ1) is 14.9. The van der Waals surface area contributed by atoms with Crippen LogP contribution in [0.15, 0.2) is 54.2 Å². The topological polar surface area (TPSA) is 29.1 Å². The van der Waals surface area contributed by atoms with Gasteiger partial charge in [-0.1, -0.05) is 29.8 Å². The highest BCUT2D eigenvalue weighted by Crippen LogP contribution is 2.17. The van der Waals surface area contributed by atoms with E-state index in [1.54, 1.807) is 19.1 Å². The number of hydrogen-bond acceptors (Lipinski definition) is 2. The van der Waals surface area contributed by atoms with Crippen molar-refractivity contribution in [1.82, 2.24) is 0 Å². The number of carbonyl (C=O) groups is 1. The Morgan fingerprint density at radius 2 is 1.76 bits per heavy atom. The Morgan fingerprint density at radius 1 is 1.10 bits per heavy atom. The largest absolute Gasteiger partial charge is 0.357 e. The minimum Gasteiger partial charge on any atom is -0.357 e. The summed E-state index contributed by atoms with van der Waals surface area (Å²) in [5.74, 6) is -1.52. The maximum absolute atomic E-state index is 13.5. The highest BCUT2D eigenvalue weighted by molar-refractivity contribution is 6.05. The van der Waals surface area contributed by atoms with Gasteiger partial charge in [0.25, 0.3) is 0 Å². The fourth-order valence-electron chi connectivity index (χ4n) is 1.84. The molecule has 2 rings (SSSR count). The summed E-state index contributed by atoms with van der Waals surface area (Å²) in [4.78, 5) is 12.0. The number of rotatable bonds is 4. The van der Waals surface area contributed by atoms with Gasteiger partial charge < -0.3 is 5.32 Å². The molecule has 108 valence electrons. The standard InChI is InChI=1S/C17H15F2NO/c1-11-3-5-13(6-4-11)17(21)9-12(2)20-16-8-7-14(18)10-15(16)19/h3-10,20H,1-2H3/b12-9+. The third kappa shape index (κ3) is 3.99. The maximum Gasteiger partial charge on any atom is 0.187 e. The van der Waals surface area contributed by atoms with Gasteiger partial charge in [0.05, 0.1) is 5.69 Å². The van der Waals surface area contributed by atoms with Crippen molar-refractivity contribution in [3.8, 4) is 0 Å². The number of benzene rings is 2. The Bertz CT molecular complexity index is 690. The van der Waals surface area contributed by atoms with E-state index in [-0.39, 0.29) is 11.5 Å². The van der Waals surface area contributed by atoms with E-state index >= 15 is 0 Å². The molecule has 0 heterocycles. The van der Waals surface area contributed by atoms with Gasteiger partial charge in [-0.05, 0) is 26.0 Å². The maximum atomic E-state index is 13.5. The number of halogens is 2. The predicted molar refractivity (Wildman–Crippen MR) is 79.2 cm³/mol. The highest BCUT2D eigenvalue weighted by Gasteiger charge is 2.06. The summed E-state index contributed by atoms with van der Waals surface area (Å²) in [7, 11) is 0. The molecule has 0 spiro atoms. The van der Waals surface area contributed by atoms with Crippen LogP contribution in [-0.2, 0) is 0 Å². The number of allylic oxidation sites excluding steroid dienone is 2. The molecule has 1 N–H and O–H groups in total. The van der Waals surface area contributed by atoms with E-state index < -0.39 is 11.6 Å². The van der Waals surface area contributed by atoms with Gasteiger partial charge in [0.2, 0.25) is 0 Å². The normalized spacial score (nSPS) is 11.3. The zero-order valence-electron chi connectivity index (χ0n) is 11.8. The Balaban J connectivity index is 2.13. The Hall–Kier alpha value is -2.49. The van der Waals surface area contributed by atoms with Crippen LogP contribution in [0.3, 0.4) is 0 Å². The van der Waals surface area contributed by atoms with Crippen molar-refractivity contribution in [2.45, 2.75) is 13.8 Å². The van der Waals surface area contributed by atoms with Crippen LogP contribution in [0.4, 0.5) is 14.5 Å². The molecule has 0 unspecified atom stereocenters.